The average molecular weight is 669 g/mol. The highest BCUT2D eigenvalue weighted by molar-refractivity contribution is 8.15. The standard InChI is InChI=1S/C28H19F7N6O4S/c1-15-2-9-22(44-13-27(30,31)32)21(10-15)41-23(42)12-46-26(41)38-25(43)37-20-8-3-16(11-19(20)29)24-36-14-40(39-24)17-4-6-18(7-5-17)45-28(33,34)35/h2-11,14H,12-13H2,1H3,(H,37,43)/b38-26-. The maximum Gasteiger partial charge on any atom is 0.573 e. The zero-order chi connectivity index (χ0) is 33.2. The quantitative estimate of drug-likeness (QED) is 0.214. The zero-order valence-electron chi connectivity index (χ0n) is 23.2. The van der Waals surface area contributed by atoms with E-state index in [2.05, 4.69) is 25.1 Å². The number of aromatic nitrogens is 3. The molecule has 0 unspecified atom stereocenters. The number of nitrogens with zero attached hydrogens (tertiary/aromatic N) is 5. The molecule has 5 rings (SSSR count). The number of hydrogen-bond donors (Lipinski definition) is 1. The van der Waals surface area contributed by atoms with Crippen LogP contribution in [0.2, 0.25) is 0 Å². The number of aryl methyl sites for hydroxylation is 1. The summed E-state index contributed by atoms with van der Waals surface area (Å²) in [5.74, 6) is -2.24. The summed E-state index contributed by atoms with van der Waals surface area (Å²) >= 11 is 0.856. The molecule has 1 N–H and O–H groups in total. The van der Waals surface area contributed by atoms with Crippen molar-refractivity contribution in [1.82, 2.24) is 14.8 Å². The van der Waals surface area contributed by atoms with Crippen LogP contribution in [0, 0.1) is 12.7 Å². The molecule has 240 valence electrons. The summed E-state index contributed by atoms with van der Waals surface area (Å²) in [5.41, 5.74) is 0.811. The molecule has 3 amide bonds. The van der Waals surface area contributed by atoms with Gasteiger partial charge in [0.2, 0.25) is 5.91 Å². The Labute approximate surface area is 258 Å². The minimum Gasteiger partial charge on any atom is -0.482 e. The number of amides is 3. The third kappa shape index (κ3) is 7.92. The van der Waals surface area contributed by atoms with Gasteiger partial charge in [-0.1, -0.05) is 17.8 Å². The molecule has 1 aromatic heterocycles. The minimum absolute atomic E-state index is 0.0427. The van der Waals surface area contributed by atoms with Crippen LogP contribution in [0.3, 0.4) is 0 Å². The molecule has 0 saturated carbocycles. The topological polar surface area (TPSA) is 111 Å². The molecule has 4 aromatic rings. The normalized spacial score (nSPS) is 14.6. The van der Waals surface area contributed by atoms with E-state index in [1.807, 2.05) is 0 Å². The third-order valence-corrected chi connectivity index (χ3v) is 6.93. The van der Waals surface area contributed by atoms with E-state index in [9.17, 15) is 40.3 Å². The van der Waals surface area contributed by atoms with E-state index in [1.165, 1.54) is 53.5 Å². The second-order valence-electron chi connectivity index (χ2n) is 9.47. The van der Waals surface area contributed by atoms with E-state index < -0.39 is 42.7 Å². The molecule has 0 aliphatic carbocycles. The lowest BCUT2D eigenvalue weighted by Gasteiger charge is -2.21. The summed E-state index contributed by atoms with van der Waals surface area (Å²) in [7, 11) is 0. The molecule has 1 aliphatic heterocycles. The Morgan fingerprint density at radius 1 is 1.04 bits per heavy atom. The van der Waals surface area contributed by atoms with Gasteiger partial charge in [0.25, 0.3) is 0 Å². The van der Waals surface area contributed by atoms with E-state index in [4.69, 9.17) is 4.74 Å². The van der Waals surface area contributed by atoms with Gasteiger partial charge >= 0.3 is 18.6 Å². The van der Waals surface area contributed by atoms with Crippen molar-refractivity contribution >= 4 is 40.2 Å². The van der Waals surface area contributed by atoms with Gasteiger partial charge in [0.1, 0.15) is 23.6 Å². The highest BCUT2D eigenvalue weighted by atomic mass is 32.2. The third-order valence-electron chi connectivity index (χ3n) is 6.00. The molecular formula is C28H19F7N6O4S. The van der Waals surface area contributed by atoms with Crippen molar-refractivity contribution in [1.29, 1.82) is 0 Å². The van der Waals surface area contributed by atoms with Crippen LogP contribution < -0.4 is 19.7 Å². The molecule has 0 radical (unpaired) electrons. The van der Waals surface area contributed by atoms with Crippen LogP contribution in [0.5, 0.6) is 11.5 Å². The van der Waals surface area contributed by atoms with Crippen molar-refractivity contribution in [3.63, 3.8) is 0 Å². The van der Waals surface area contributed by atoms with Gasteiger partial charge in [0, 0.05) is 5.56 Å². The fourth-order valence-corrected chi connectivity index (χ4v) is 4.93. The second-order valence-corrected chi connectivity index (χ2v) is 10.4. The number of carbonyl (C=O) groups is 2. The zero-order valence-corrected chi connectivity index (χ0v) is 24.0. The smallest absolute Gasteiger partial charge is 0.482 e. The highest BCUT2D eigenvalue weighted by Gasteiger charge is 2.35. The number of thioether (sulfide) groups is 1. The number of benzene rings is 3. The number of halogens is 7. The van der Waals surface area contributed by atoms with Crippen LogP contribution in [-0.2, 0) is 4.79 Å². The summed E-state index contributed by atoms with van der Waals surface area (Å²) in [6.07, 6.45) is -8.22. The van der Waals surface area contributed by atoms with Gasteiger partial charge in [0.15, 0.2) is 17.6 Å². The Balaban J connectivity index is 1.30. The number of nitrogens with one attached hydrogen (secondary N) is 1. The molecule has 1 fully saturated rings. The van der Waals surface area contributed by atoms with Crippen LogP contribution in [0.15, 0.2) is 72.0 Å². The summed E-state index contributed by atoms with van der Waals surface area (Å²) in [4.78, 5) is 34.3. The van der Waals surface area contributed by atoms with Gasteiger partial charge in [0.05, 0.1) is 22.8 Å². The summed E-state index contributed by atoms with van der Waals surface area (Å²) < 4.78 is 100. The molecule has 1 aliphatic rings. The van der Waals surface area contributed by atoms with Gasteiger partial charge < -0.3 is 14.8 Å². The lowest BCUT2D eigenvalue weighted by molar-refractivity contribution is -0.274. The van der Waals surface area contributed by atoms with E-state index in [0.717, 1.165) is 34.9 Å². The van der Waals surface area contributed by atoms with Crippen LogP contribution >= 0.6 is 11.8 Å². The second kappa shape index (κ2) is 12.7. The fourth-order valence-electron chi connectivity index (χ4n) is 4.07. The largest absolute Gasteiger partial charge is 0.573 e. The summed E-state index contributed by atoms with van der Waals surface area (Å²) in [6, 6.07) is 11.5. The number of ether oxygens (including phenoxy) is 2. The number of aliphatic imine (C=N–C) groups is 1. The summed E-state index contributed by atoms with van der Waals surface area (Å²) in [5, 5.41) is 6.29. The Morgan fingerprint density at radius 2 is 1.78 bits per heavy atom. The first-order chi connectivity index (χ1) is 21.6. The van der Waals surface area contributed by atoms with Crippen molar-refractivity contribution in [3.8, 4) is 28.6 Å². The van der Waals surface area contributed by atoms with Crippen molar-refractivity contribution in [2.75, 3.05) is 22.6 Å². The molecule has 10 nitrogen and oxygen atoms in total. The number of carbonyl (C=O) groups excluding carboxylic acids is 2. The monoisotopic (exact) mass is 668 g/mol. The number of anilines is 2. The molecule has 0 spiro atoms. The van der Waals surface area contributed by atoms with Gasteiger partial charge in [-0.15, -0.1) is 18.3 Å². The molecule has 2 heterocycles. The number of hydrogen-bond acceptors (Lipinski definition) is 7. The van der Waals surface area contributed by atoms with Crippen molar-refractivity contribution in [2.24, 2.45) is 4.99 Å². The average Bonchev–Trinajstić information content (AvgIpc) is 3.59. The van der Waals surface area contributed by atoms with Crippen LogP contribution in [-0.4, -0.2) is 56.8 Å². The molecule has 0 atom stereocenters. The van der Waals surface area contributed by atoms with Crippen LogP contribution in [0.4, 0.5) is 46.9 Å². The van der Waals surface area contributed by atoms with E-state index in [1.54, 1.807) is 6.92 Å². The molecule has 0 bridgehead atoms. The van der Waals surface area contributed by atoms with Crippen LogP contribution in [0.1, 0.15) is 5.56 Å². The van der Waals surface area contributed by atoms with E-state index in [-0.39, 0.29) is 39.4 Å². The number of rotatable bonds is 7. The Hall–Kier alpha value is -5.13. The Morgan fingerprint density at radius 3 is 2.46 bits per heavy atom. The maximum atomic E-state index is 15.0. The lowest BCUT2D eigenvalue weighted by atomic mass is 10.2. The predicted molar refractivity (Wildman–Crippen MR) is 153 cm³/mol. The van der Waals surface area contributed by atoms with Gasteiger partial charge in [-0.3, -0.25) is 9.69 Å². The van der Waals surface area contributed by atoms with Crippen molar-refractivity contribution in [2.45, 2.75) is 19.5 Å². The molecule has 18 heteroatoms. The number of alkyl halides is 6. The van der Waals surface area contributed by atoms with Crippen LogP contribution in [0.25, 0.3) is 17.1 Å². The van der Waals surface area contributed by atoms with E-state index in [0.29, 0.717) is 11.3 Å². The predicted octanol–water partition coefficient (Wildman–Crippen LogP) is 6.89. The number of amidine groups is 1. The Kier molecular flexibility index (Phi) is 8.91. The maximum absolute atomic E-state index is 15.0. The first-order valence-corrected chi connectivity index (χ1v) is 13.9. The van der Waals surface area contributed by atoms with Gasteiger partial charge in [-0.05, 0) is 67.1 Å². The van der Waals surface area contributed by atoms with Gasteiger partial charge in [-0.25, -0.2) is 18.9 Å². The van der Waals surface area contributed by atoms with Crippen molar-refractivity contribution in [3.05, 3.63) is 78.4 Å². The lowest BCUT2D eigenvalue weighted by Crippen LogP contribution is -2.31. The fraction of sp³-hybridized carbons (Fsp3) is 0.179. The summed E-state index contributed by atoms with van der Waals surface area (Å²) in [6.45, 7) is 0.0408. The first kappa shape index (κ1) is 32.3. The molecule has 3 aromatic carbocycles. The number of urea groups is 1. The highest BCUT2D eigenvalue weighted by Crippen LogP contribution is 2.36. The Bertz CT molecular complexity index is 1810. The minimum atomic E-state index is -4.84. The van der Waals surface area contributed by atoms with Gasteiger partial charge in [-0.2, -0.15) is 18.2 Å². The first-order valence-electron chi connectivity index (χ1n) is 12.9. The molecule has 1 saturated heterocycles. The van der Waals surface area contributed by atoms with Crippen molar-refractivity contribution < 1.29 is 49.8 Å². The van der Waals surface area contributed by atoms with E-state index >= 15 is 0 Å². The SMILES string of the molecule is Cc1ccc(OCC(F)(F)F)c(N2C(=O)CS/C2=N\C(=O)Nc2ccc(-c3ncn(-c4ccc(OC(F)(F)F)cc4)n3)cc2F)c1. The molecular weight excluding hydrogens is 649 g/mol. The molecule has 46 heavy (non-hydrogen) atoms.